The van der Waals surface area contributed by atoms with Crippen LogP contribution in [0, 0.1) is 5.92 Å². The molecule has 0 spiro atoms. The normalized spacial score (nSPS) is 19.3. The number of nitrogens with two attached hydrogens (primary N) is 1. The van der Waals surface area contributed by atoms with Crippen molar-refractivity contribution in [2.24, 2.45) is 11.7 Å². The molecule has 1 unspecified atom stereocenters. The molecular weight excluding hydrogens is 294 g/mol. The Kier molecular flexibility index (Phi) is 6.27. The first-order chi connectivity index (χ1) is 11.1. The van der Waals surface area contributed by atoms with Crippen molar-refractivity contribution in [3.63, 3.8) is 0 Å². The summed E-state index contributed by atoms with van der Waals surface area (Å²) in [6.07, 6.45) is 3.83. The largest absolute Gasteiger partial charge is 0.497 e. The van der Waals surface area contributed by atoms with Gasteiger partial charge in [0.25, 0.3) is 0 Å². The smallest absolute Gasteiger partial charge is 0.167 e. The van der Waals surface area contributed by atoms with Crippen LogP contribution in [0.5, 0.6) is 11.5 Å². The van der Waals surface area contributed by atoms with Crippen LogP contribution >= 0.6 is 0 Å². The topological polar surface area (TPSA) is 62.9 Å². The average molecular weight is 323 g/mol. The zero-order valence-electron chi connectivity index (χ0n) is 14.6. The number of rotatable bonds is 7. The molecule has 23 heavy (non-hydrogen) atoms. The predicted octanol–water partition coefficient (Wildman–Crippen LogP) is 2.93. The van der Waals surface area contributed by atoms with Gasteiger partial charge in [0.1, 0.15) is 11.5 Å². The summed E-state index contributed by atoms with van der Waals surface area (Å²) in [7, 11) is 6.78. The molecule has 0 amide bonds. The molecule has 1 aromatic carbocycles. The molecule has 5 nitrogen and oxygen atoms in total. The fourth-order valence-electron chi connectivity index (χ4n) is 3.67. The fraction of sp³-hybridized carbons (Fsp3) is 0.667. The lowest BCUT2D eigenvalue weighted by Crippen LogP contribution is -2.40. The van der Waals surface area contributed by atoms with Gasteiger partial charge in [0.05, 0.1) is 14.2 Å². The van der Waals surface area contributed by atoms with Crippen molar-refractivity contribution in [2.45, 2.75) is 37.4 Å². The van der Waals surface area contributed by atoms with Crippen LogP contribution in [0.1, 0.15) is 37.2 Å². The predicted molar refractivity (Wildman–Crippen MR) is 90.0 cm³/mol. The zero-order valence-corrected chi connectivity index (χ0v) is 14.6. The van der Waals surface area contributed by atoms with Crippen LogP contribution in [0.15, 0.2) is 18.2 Å². The number of hydrogen-bond acceptors (Lipinski definition) is 5. The molecule has 1 aliphatic rings. The number of methoxy groups -OCH3 is 4. The monoisotopic (exact) mass is 323 g/mol. The number of benzene rings is 1. The molecule has 0 radical (unpaired) electrons. The van der Waals surface area contributed by atoms with Gasteiger partial charge in [-0.05, 0) is 36.9 Å². The summed E-state index contributed by atoms with van der Waals surface area (Å²) in [4.78, 5) is 0. The van der Waals surface area contributed by atoms with Crippen molar-refractivity contribution >= 4 is 0 Å². The van der Waals surface area contributed by atoms with Crippen molar-refractivity contribution in [2.75, 3.05) is 35.0 Å². The van der Waals surface area contributed by atoms with Crippen LogP contribution in [0.3, 0.4) is 0 Å². The second-order valence-corrected chi connectivity index (χ2v) is 6.11. The third kappa shape index (κ3) is 3.79. The molecule has 1 aliphatic carbocycles. The highest BCUT2D eigenvalue weighted by Gasteiger charge is 2.38. The average Bonchev–Trinajstić information content (AvgIpc) is 2.63. The van der Waals surface area contributed by atoms with Gasteiger partial charge >= 0.3 is 0 Å². The molecule has 5 heteroatoms. The Hall–Kier alpha value is -1.30. The highest BCUT2D eigenvalue weighted by atomic mass is 16.7. The highest BCUT2D eigenvalue weighted by molar-refractivity contribution is 5.43. The Morgan fingerprint density at radius 2 is 1.74 bits per heavy atom. The number of ether oxygens (including phenoxy) is 4. The summed E-state index contributed by atoms with van der Waals surface area (Å²) in [5.41, 5.74) is 7.27. The van der Waals surface area contributed by atoms with Gasteiger partial charge < -0.3 is 24.7 Å². The molecule has 1 atom stereocenters. The van der Waals surface area contributed by atoms with E-state index >= 15 is 0 Å². The van der Waals surface area contributed by atoms with Crippen molar-refractivity contribution in [3.05, 3.63) is 23.8 Å². The Labute approximate surface area is 139 Å². The Balaban J connectivity index is 2.18. The van der Waals surface area contributed by atoms with Crippen molar-refractivity contribution in [1.29, 1.82) is 0 Å². The molecule has 1 fully saturated rings. The van der Waals surface area contributed by atoms with Gasteiger partial charge in [-0.15, -0.1) is 0 Å². The first-order valence-corrected chi connectivity index (χ1v) is 8.15. The second kappa shape index (κ2) is 7.99. The summed E-state index contributed by atoms with van der Waals surface area (Å²) < 4.78 is 22.0. The summed E-state index contributed by atoms with van der Waals surface area (Å²) in [5.74, 6) is 1.97. The van der Waals surface area contributed by atoms with Crippen LogP contribution in [-0.2, 0) is 9.47 Å². The molecule has 0 aliphatic heterocycles. The van der Waals surface area contributed by atoms with Gasteiger partial charge in [-0.25, -0.2) is 0 Å². The second-order valence-electron chi connectivity index (χ2n) is 6.11. The molecule has 130 valence electrons. The van der Waals surface area contributed by atoms with Crippen molar-refractivity contribution < 1.29 is 18.9 Å². The van der Waals surface area contributed by atoms with Gasteiger partial charge in [0.2, 0.25) is 0 Å². The van der Waals surface area contributed by atoms with Gasteiger partial charge in [-0.1, -0.05) is 6.07 Å². The summed E-state index contributed by atoms with van der Waals surface area (Å²) in [5, 5.41) is 0. The molecule has 1 aromatic rings. The maximum atomic E-state index is 6.11. The third-order valence-electron chi connectivity index (χ3n) is 5.20. The van der Waals surface area contributed by atoms with E-state index in [9.17, 15) is 0 Å². The van der Waals surface area contributed by atoms with E-state index in [4.69, 9.17) is 24.7 Å². The van der Waals surface area contributed by atoms with Crippen LogP contribution in [-0.4, -0.2) is 40.8 Å². The summed E-state index contributed by atoms with van der Waals surface area (Å²) in [6.45, 7) is 0.598. The fourth-order valence-corrected chi connectivity index (χ4v) is 3.67. The van der Waals surface area contributed by atoms with E-state index in [0.717, 1.165) is 42.7 Å². The standard InChI is InChI=1S/C18H29NO4/c1-20-14-5-6-15(17(11-14)21-2)16(12-19)13-7-9-18(22-3,23-4)10-8-13/h5-6,11,13,16H,7-10,12,19H2,1-4H3. The molecule has 0 saturated heterocycles. The van der Waals surface area contributed by atoms with Crippen molar-refractivity contribution in [3.8, 4) is 11.5 Å². The van der Waals surface area contributed by atoms with Crippen LogP contribution in [0.25, 0.3) is 0 Å². The molecule has 2 N–H and O–H groups in total. The van der Waals surface area contributed by atoms with E-state index in [1.807, 2.05) is 12.1 Å². The van der Waals surface area contributed by atoms with Gasteiger partial charge in [-0.2, -0.15) is 0 Å². The molecular formula is C18H29NO4. The van der Waals surface area contributed by atoms with E-state index in [-0.39, 0.29) is 5.92 Å². The van der Waals surface area contributed by atoms with Crippen molar-refractivity contribution in [1.82, 2.24) is 0 Å². The van der Waals surface area contributed by atoms with E-state index in [0.29, 0.717) is 12.5 Å². The van der Waals surface area contributed by atoms with E-state index in [1.165, 1.54) is 0 Å². The van der Waals surface area contributed by atoms with Crippen LogP contribution < -0.4 is 15.2 Å². The summed E-state index contributed by atoms with van der Waals surface area (Å²) >= 11 is 0. The van der Waals surface area contributed by atoms with E-state index < -0.39 is 5.79 Å². The molecule has 0 heterocycles. The lowest BCUT2D eigenvalue weighted by atomic mass is 9.74. The first kappa shape index (κ1) is 18.0. The lowest BCUT2D eigenvalue weighted by Gasteiger charge is -2.40. The zero-order chi connectivity index (χ0) is 16.9. The van der Waals surface area contributed by atoms with Crippen LogP contribution in [0.4, 0.5) is 0 Å². The maximum absolute atomic E-state index is 6.11. The van der Waals surface area contributed by atoms with E-state index in [2.05, 4.69) is 6.07 Å². The minimum atomic E-state index is -0.431. The minimum absolute atomic E-state index is 0.266. The third-order valence-corrected chi connectivity index (χ3v) is 5.20. The Morgan fingerprint density at radius 1 is 1.09 bits per heavy atom. The first-order valence-electron chi connectivity index (χ1n) is 8.15. The maximum Gasteiger partial charge on any atom is 0.167 e. The summed E-state index contributed by atoms with van der Waals surface area (Å²) in [6, 6.07) is 5.97. The highest BCUT2D eigenvalue weighted by Crippen LogP contribution is 2.43. The van der Waals surface area contributed by atoms with E-state index in [1.54, 1.807) is 28.4 Å². The van der Waals surface area contributed by atoms with Gasteiger partial charge in [0, 0.05) is 39.0 Å². The molecule has 1 saturated carbocycles. The quantitative estimate of drug-likeness (QED) is 0.782. The SMILES string of the molecule is COc1ccc(C(CN)C2CCC(OC)(OC)CC2)c(OC)c1. The number of hydrogen-bond donors (Lipinski definition) is 1. The Bertz CT molecular complexity index is 492. The molecule has 2 rings (SSSR count). The van der Waals surface area contributed by atoms with Gasteiger partial charge in [0.15, 0.2) is 5.79 Å². The minimum Gasteiger partial charge on any atom is -0.497 e. The van der Waals surface area contributed by atoms with Crippen LogP contribution in [0.2, 0.25) is 0 Å². The molecule has 0 bridgehead atoms. The lowest BCUT2D eigenvalue weighted by molar-refractivity contribution is -0.228. The Morgan fingerprint density at radius 3 is 2.22 bits per heavy atom. The van der Waals surface area contributed by atoms with Gasteiger partial charge in [-0.3, -0.25) is 0 Å². The molecule has 0 aromatic heterocycles.